The normalized spacial score (nSPS) is 20.7. The molecule has 8 nitrogen and oxygen atoms in total. The Kier molecular flexibility index (Phi) is 6.32. The number of aryl methyl sites for hydroxylation is 1. The van der Waals surface area contributed by atoms with E-state index in [1.165, 1.54) is 0 Å². The predicted octanol–water partition coefficient (Wildman–Crippen LogP) is 6.84. The lowest BCUT2D eigenvalue weighted by Crippen LogP contribution is -2.62. The van der Waals surface area contributed by atoms with Crippen LogP contribution in [-0.4, -0.2) is 42.0 Å². The highest BCUT2D eigenvalue weighted by molar-refractivity contribution is 6.38. The number of fused-ring (bicyclic) bond motifs is 3. The minimum Gasteiger partial charge on any atom is -0.444 e. The van der Waals surface area contributed by atoms with Gasteiger partial charge in [-0.1, -0.05) is 66.2 Å². The van der Waals surface area contributed by atoms with Crippen LogP contribution in [0, 0.1) is 6.92 Å². The molecule has 1 aliphatic rings. The number of amides is 1. The predicted molar refractivity (Wildman–Crippen MR) is 160 cm³/mol. The molecule has 1 amide bonds. The zero-order chi connectivity index (χ0) is 29.2. The zero-order valence-corrected chi connectivity index (χ0v) is 24.5. The van der Waals surface area contributed by atoms with Crippen LogP contribution < -0.4 is 5.32 Å². The fourth-order valence-electron chi connectivity index (χ4n) is 5.84. The summed E-state index contributed by atoms with van der Waals surface area (Å²) in [4.78, 5) is 22.4. The SMILES string of the molecule is Cc1cc2ncc3c(Cl)c(-c4ccccc4)c(-c4ccc(C5(NC(=O)OC(C)(C)C)CC(C)(O)C5)cc4)nc3n2n1. The van der Waals surface area contributed by atoms with Gasteiger partial charge >= 0.3 is 6.09 Å². The fraction of sp³-hybridized carbons (Fsp3) is 0.312. The van der Waals surface area contributed by atoms with E-state index < -0.39 is 22.8 Å². The average Bonchev–Trinajstić information content (AvgIpc) is 3.27. The summed E-state index contributed by atoms with van der Waals surface area (Å²) in [7, 11) is 0. The van der Waals surface area contributed by atoms with Crippen LogP contribution >= 0.6 is 11.6 Å². The lowest BCUT2D eigenvalue weighted by atomic mass is 9.62. The second kappa shape index (κ2) is 9.53. The molecule has 1 saturated carbocycles. The summed E-state index contributed by atoms with van der Waals surface area (Å²) in [6.07, 6.45) is 1.97. The van der Waals surface area contributed by atoms with Crippen molar-refractivity contribution in [2.75, 3.05) is 0 Å². The van der Waals surface area contributed by atoms with E-state index >= 15 is 0 Å². The van der Waals surface area contributed by atoms with Crippen LogP contribution in [0.5, 0.6) is 0 Å². The Balaban J connectivity index is 1.47. The maximum absolute atomic E-state index is 12.8. The molecule has 3 aromatic heterocycles. The molecule has 5 aromatic rings. The van der Waals surface area contributed by atoms with Crippen molar-refractivity contribution in [3.05, 3.63) is 83.1 Å². The van der Waals surface area contributed by atoms with Crippen molar-refractivity contribution >= 4 is 34.4 Å². The van der Waals surface area contributed by atoms with E-state index in [9.17, 15) is 9.90 Å². The number of benzene rings is 2. The monoisotopic (exact) mass is 569 g/mol. The molecular weight excluding hydrogens is 538 g/mol. The molecule has 0 saturated heterocycles. The molecular formula is C32H32ClN5O3. The molecule has 0 unspecified atom stereocenters. The van der Waals surface area contributed by atoms with Gasteiger partial charge in [-0.3, -0.25) is 0 Å². The van der Waals surface area contributed by atoms with Crippen LogP contribution in [0.1, 0.15) is 51.8 Å². The molecule has 2 aromatic carbocycles. The number of hydrogen-bond acceptors (Lipinski definition) is 6. The third kappa shape index (κ3) is 5.02. The summed E-state index contributed by atoms with van der Waals surface area (Å²) in [6.45, 7) is 9.16. The molecule has 0 aliphatic heterocycles. The van der Waals surface area contributed by atoms with E-state index in [-0.39, 0.29) is 0 Å². The molecule has 3 heterocycles. The Morgan fingerprint density at radius 1 is 1.07 bits per heavy atom. The molecule has 0 atom stereocenters. The number of hydrogen-bond donors (Lipinski definition) is 2. The number of alkyl carbamates (subject to hydrolysis) is 1. The van der Waals surface area contributed by atoms with Gasteiger partial charge in [0.1, 0.15) is 5.60 Å². The van der Waals surface area contributed by atoms with Gasteiger partial charge in [-0.25, -0.2) is 14.8 Å². The lowest BCUT2D eigenvalue weighted by molar-refractivity contribution is -0.0892. The van der Waals surface area contributed by atoms with Gasteiger partial charge in [0.15, 0.2) is 11.3 Å². The second-order valence-electron chi connectivity index (χ2n) is 12.2. The third-order valence-electron chi connectivity index (χ3n) is 7.37. The quantitative estimate of drug-likeness (QED) is 0.246. The molecule has 0 radical (unpaired) electrons. The molecule has 9 heteroatoms. The summed E-state index contributed by atoms with van der Waals surface area (Å²) in [5, 5.41) is 19.5. The molecule has 1 aliphatic carbocycles. The van der Waals surface area contributed by atoms with Crippen molar-refractivity contribution in [2.45, 2.75) is 64.2 Å². The van der Waals surface area contributed by atoms with Crippen LogP contribution in [0.4, 0.5) is 4.79 Å². The molecule has 0 spiro atoms. The van der Waals surface area contributed by atoms with E-state index in [2.05, 4.69) is 15.4 Å². The van der Waals surface area contributed by atoms with Gasteiger partial charge in [0.05, 0.1) is 32.9 Å². The summed E-state index contributed by atoms with van der Waals surface area (Å²) in [6, 6.07) is 19.7. The average molecular weight is 570 g/mol. The van der Waals surface area contributed by atoms with E-state index in [1.54, 1.807) is 17.6 Å². The smallest absolute Gasteiger partial charge is 0.408 e. The van der Waals surface area contributed by atoms with Gasteiger partial charge in [-0.2, -0.15) is 9.61 Å². The molecule has 1 fully saturated rings. The minimum atomic E-state index is -0.886. The van der Waals surface area contributed by atoms with Gasteiger partial charge in [0.25, 0.3) is 0 Å². The Morgan fingerprint density at radius 2 is 1.76 bits per heavy atom. The number of pyridine rings is 1. The van der Waals surface area contributed by atoms with Crippen molar-refractivity contribution in [3.8, 4) is 22.4 Å². The van der Waals surface area contributed by atoms with Crippen molar-refractivity contribution in [3.63, 3.8) is 0 Å². The van der Waals surface area contributed by atoms with Crippen molar-refractivity contribution in [2.24, 2.45) is 0 Å². The Bertz CT molecular complexity index is 1780. The van der Waals surface area contributed by atoms with E-state index in [0.717, 1.165) is 27.9 Å². The van der Waals surface area contributed by atoms with Crippen molar-refractivity contribution < 1.29 is 14.6 Å². The number of rotatable bonds is 4. The van der Waals surface area contributed by atoms with Gasteiger partial charge in [-0.05, 0) is 45.7 Å². The zero-order valence-electron chi connectivity index (χ0n) is 23.7. The Hall–Kier alpha value is -4.01. The molecule has 2 N–H and O–H groups in total. The van der Waals surface area contributed by atoms with Crippen LogP contribution in [0.25, 0.3) is 39.1 Å². The standard InChI is InChI=1S/C32H32ClN5O3/c1-19-15-24-34-16-23-26(33)25(20-9-7-6-8-10-20)27(35-28(23)38(24)37-19)21-11-13-22(14-12-21)32(17-31(5,40)18-32)36-29(39)41-30(2,3)4/h6-16,40H,17-18H2,1-5H3,(H,36,39). The summed E-state index contributed by atoms with van der Waals surface area (Å²) in [5.41, 5.74) is 4.04. The van der Waals surface area contributed by atoms with Gasteiger partial charge in [0, 0.05) is 36.2 Å². The first-order chi connectivity index (χ1) is 19.3. The minimum absolute atomic E-state index is 0.373. The summed E-state index contributed by atoms with van der Waals surface area (Å²) in [5.74, 6) is 0. The largest absolute Gasteiger partial charge is 0.444 e. The van der Waals surface area contributed by atoms with Gasteiger partial charge in [-0.15, -0.1) is 0 Å². The number of carbonyl (C=O) groups excluding carboxylic acids is 1. The second-order valence-corrected chi connectivity index (χ2v) is 12.6. The van der Waals surface area contributed by atoms with Gasteiger partial charge < -0.3 is 15.2 Å². The molecule has 41 heavy (non-hydrogen) atoms. The highest BCUT2D eigenvalue weighted by atomic mass is 35.5. The topological polar surface area (TPSA) is 102 Å². The highest BCUT2D eigenvalue weighted by Crippen LogP contribution is 2.49. The fourth-order valence-corrected chi connectivity index (χ4v) is 6.17. The summed E-state index contributed by atoms with van der Waals surface area (Å²) >= 11 is 7.10. The Morgan fingerprint density at radius 3 is 2.39 bits per heavy atom. The number of halogens is 1. The maximum atomic E-state index is 12.8. The number of ether oxygens (including phenoxy) is 1. The lowest BCUT2D eigenvalue weighted by Gasteiger charge is -2.52. The van der Waals surface area contributed by atoms with E-state index in [1.807, 2.05) is 88.4 Å². The number of aromatic nitrogens is 4. The van der Waals surface area contributed by atoms with E-state index in [4.69, 9.17) is 21.3 Å². The number of aliphatic hydroxyl groups is 1. The first kappa shape index (κ1) is 27.2. The van der Waals surface area contributed by atoms with Crippen LogP contribution in [-0.2, 0) is 10.3 Å². The maximum Gasteiger partial charge on any atom is 0.408 e. The molecule has 210 valence electrons. The first-order valence-corrected chi connectivity index (χ1v) is 14.0. The third-order valence-corrected chi connectivity index (χ3v) is 7.76. The molecule has 6 rings (SSSR count). The molecule has 0 bridgehead atoms. The van der Waals surface area contributed by atoms with Crippen molar-refractivity contribution in [1.82, 2.24) is 24.9 Å². The van der Waals surface area contributed by atoms with Crippen LogP contribution in [0.3, 0.4) is 0 Å². The first-order valence-electron chi connectivity index (χ1n) is 13.6. The number of carbonyl (C=O) groups is 1. The Labute approximate surface area is 243 Å². The van der Waals surface area contributed by atoms with E-state index in [0.29, 0.717) is 40.2 Å². The van der Waals surface area contributed by atoms with Crippen molar-refractivity contribution in [1.29, 1.82) is 0 Å². The van der Waals surface area contributed by atoms with Crippen LogP contribution in [0.2, 0.25) is 5.02 Å². The summed E-state index contributed by atoms with van der Waals surface area (Å²) < 4.78 is 7.26. The highest BCUT2D eigenvalue weighted by Gasteiger charge is 2.53. The van der Waals surface area contributed by atoms with Crippen LogP contribution in [0.15, 0.2) is 66.9 Å². The number of nitrogens with zero attached hydrogens (tertiary/aromatic N) is 4. The number of nitrogens with one attached hydrogen (secondary N) is 1. The van der Waals surface area contributed by atoms with Gasteiger partial charge in [0.2, 0.25) is 0 Å².